The van der Waals surface area contributed by atoms with E-state index in [0.717, 1.165) is 58.4 Å². The second-order valence-electron chi connectivity index (χ2n) is 6.97. The van der Waals surface area contributed by atoms with Crippen LogP contribution < -0.4 is 5.73 Å². The van der Waals surface area contributed by atoms with Gasteiger partial charge in [0.15, 0.2) is 0 Å². The molecule has 0 unspecified atom stereocenters. The first-order valence-electron chi connectivity index (χ1n) is 9.03. The van der Waals surface area contributed by atoms with E-state index in [1.807, 2.05) is 0 Å². The van der Waals surface area contributed by atoms with Crippen LogP contribution in [-0.4, -0.2) is 48.4 Å². The molecular formula is C19H31Cl2N3O. The van der Waals surface area contributed by atoms with Crippen LogP contribution >= 0.6 is 24.8 Å². The number of halogens is 2. The summed E-state index contributed by atoms with van der Waals surface area (Å²) < 4.78 is 0. The highest BCUT2D eigenvalue weighted by Gasteiger charge is 2.35. The summed E-state index contributed by atoms with van der Waals surface area (Å²) in [7, 11) is 0. The molecule has 1 saturated heterocycles. The number of hydrogen-bond donors (Lipinski definition) is 1. The summed E-state index contributed by atoms with van der Waals surface area (Å²) in [5, 5.41) is 0. The molecule has 1 saturated carbocycles. The molecule has 2 aliphatic rings. The topological polar surface area (TPSA) is 49.6 Å². The molecule has 1 aliphatic heterocycles. The average molecular weight is 388 g/mol. The van der Waals surface area contributed by atoms with Gasteiger partial charge in [-0.15, -0.1) is 24.8 Å². The van der Waals surface area contributed by atoms with E-state index in [9.17, 15) is 4.79 Å². The lowest BCUT2D eigenvalue weighted by atomic mass is 9.94. The number of benzene rings is 1. The second-order valence-corrected chi connectivity index (χ2v) is 6.97. The van der Waals surface area contributed by atoms with Gasteiger partial charge in [0.1, 0.15) is 0 Å². The third-order valence-corrected chi connectivity index (χ3v) is 5.43. The van der Waals surface area contributed by atoms with E-state index in [1.54, 1.807) is 0 Å². The van der Waals surface area contributed by atoms with Gasteiger partial charge in [0.25, 0.3) is 0 Å². The van der Waals surface area contributed by atoms with Crippen LogP contribution in [0.1, 0.15) is 31.2 Å². The highest BCUT2D eigenvalue weighted by molar-refractivity contribution is 5.85. The van der Waals surface area contributed by atoms with Crippen LogP contribution in [0, 0.1) is 11.8 Å². The summed E-state index contributed by atoms with van der Waals surface area (Å²) in [6.07, 6.45) is 4.39. The molecule has 1 heterocycles. The highest BCUT2D eigenvalue weighted by atomic mass is 35.5. The monoisotopic (exact) mass is 387 g/mol. The van der Waals surface area contributed by atoms with Crippen molar-refractivity contribution in [2.24, 2.45) is 17.6 Å². The second kappa shape index (κ2) is 11.0. The predicted octanol–water partition coefficient (Wildman–Crippen LogP) is 2.94. The van der Waals surface area contributed by atoms with Gasteiger partial charge in [-0.3, -0.25) is 9.69 Å². The molecule has 3 rings (SSSR count). The summed E-state index contributed by atoms with van der Waals surface area (Å²) in [5.41, 5.74) is 7.20. The normalized spacial score (nSPS) is 24.1. The van der Waals surface area contributed by atoms with Crippen LogP contribution in [0.25, 0.3) is 0 Å². The smallest absolute Gasteiger partial charge is 0.226 e. The Morgan fingerprint density at radius 1 is 1.00 bits per heavy atom. The molecule has 0 aromatic heterocycles. The molecule has 2 N–H and O–H groups in total. The minimum atomic E-state index is 0. The Morgan fingerprint density at radius 2 is 1.76 bits per heavy atom. The van der Waals surface area contributed by atoms with E-state index in [-0.39, 0.29) is 30.7 Å². The van der Waals surface area contributed by atoms with Crippen molar-refractivity contribution in [3.8, 4) is 0 Å². The van der Waals surface area contributed by atoms with Gasteiger partial charge in [-0.25, -0.2) is 0 Å². The molecule has 1 aromatic rings. The summed E-state index contributed by atoms with van der Waals surface area (Å²) in [6.45, 7) is 5.45. The maximum atomic E-state index is 12.8. The number of rotatable bonds is 4. The lowest BCUT2D eigenvalue weighted by Crippen LogP contribution is -2.41. The first-order valence-corrected chi connectivity index (χ1v) is 9.03. The van der Waals surface area contributed by atoms with E-state index in [4.69, 9.17) is 5.73 Å². The molecular weight excluding hydrogens is 357 g/mol. The number of carbonyl (C=O) groups excluding carboxylic acids is 1. The van der Waals surface area contributed by atoms with Crippen molar-refractivity contribution in [2.45, 2.75) is 32.2 Å². The van der Waals surface area contributed by atoms with Gasteiger partial charge in [0.2, 0.25) is 5.91 Å². The number of hydrogen-bond acceptors (Lipinski definition) is 3. The molecule has 25 heavy (non-hydrogen) atoms. The largest absolute Gasteiger partial charge is 0.341 e. The number of amides is 1. The third-order valence-electron chi connectivity index (χ3n) is 5.43. The molecule has 1 aromatic carbocycles. The van der Waals surface area contributed by atoms with Gasteiger partial charge >= 0.3 is 0 Å². The molecule has 2 atom stereocenters. The minimum absolute atomic E-state index is 0. The summed E-state index contributed by atoms with van der Waals surface area (Å²) in [4.78, 5) is 17.4. The first-order chi connectivity index (χ1) is 11.3. The average Bonchev–Trinajstić information content (AvgIpc) is 2.95. The fourth-order valence-corrected chi connectivity index (χ4v) is 4.07. The van der Waals surface area contributed by atoms with Crippen LogP contribution in [0.15, 0.2) is 30.3 Å². The zero-order chi connectivity index (χ0) is 16.1. The van der Waals surface area contributed by atoms with Crippen LogP contribution in [0.4, 0.5) is 0 Å². The molecule has 6 heteroatoms. The highest BCUT2D eigenvalue weighted by Crippen LogP contribution is 2.32. The van der Waals surface area contributed by atoms with Crippen LogP contribution in [0.5, 0.6) is 0 Å². The van der Waals surface area contributed by atoms with Crippen LogP contribution in [0.3, 0.4) is 0 Å². The third kappa shape index (κ3) is 5.85. The van der Waals surface area contributed by atoms with Crippen molar-refractivity contribution in [3.05, 3.63) is 35.9 Å². The summed E-state index contributed by atoms with van der Waals surface area (Å²) >= 11 is 0. The molecule has 142 valence electrons. The fraction of sp³-hybridized carbons (Fsp3) is 0.632. The number of nitrogens with zero attached hydrogens (tertiary/aromatic N) is 2. The van der Waals surface area contributed by atoms with E-state index >= 15 is 0 Å². The summed E-state index contributed by atoms with van der Waals surface area (Å²) in [6, 6.07) is 10.6. The maximum Gasteiger partial charge on any atom is 0.226 e. The van der Waals surface area contributed by atoms with Crippen LogP contribution in [0.2, 0.25) is 0 Å². The Labute approximate surface area is 163 Å². The first kappa shape index (κ1) is 22.2. The summed E-state index contributed by atoms with van der Waals surface area (Å²) in [5.74, 6) is 0.950. The minimum Gasteiger partial charge on any atom is -0.341 e. The van der Waals surface area contributed by atoms with Crippen molar-refractivity contribution < 1.29 is 4.79 Å². The predicted molar refractivity (Wildman–Crippen MR) is 107 cm³/mol. The van der Waals surface area contributed by atoms with E-state index in [0.29, 0.717) is 18.4 Å². The van der Waals surface area contributed by atoms with Crippen molar-refractivity contribution in [1.82, 2.24) is 9.80 Å². The zero-order valence-corrected chi connectivity index (χ0v) is 16.4. The molecule has 1 aliphatic carbocycles. The molecule has 0 radical (unpaired) electrons. The standard InChI is InChI=1S/C19H29N3O.2ClH/c20-14-17-8-4-9-18(17)19(23)22-11-5-10-21(12-13-22)15-16-6-2-1-3-7-16;;/h1-3,6-7,17-18H,4-5,8-15,20H2;2*1H/t17-,18-;;/m1../s1. The maximum absolute atomic E-state index is 12.8. The Kier molecular flexibility index (Phi) is 9.80. The van der Waals surface area contributed by atoms with E-state index < -0.39 is 0 Å². The lowest BCUT2D eigenvalue weighted by molar-refractivity contribution is -0.136. The Balaban J connectivity index is 0.00000156. The van der Waals surface area contributed by atoms with Crippen molar-refractivity contribution in [3.63, 3.8) is 0 Å². The van der Waals surface area contributed by atoms with Gasteiger partial charge in [0, 0.05) is 38.6 Å². The Morgan fingerprint density at radius 3 is 2.48 bits per heavy atom. The Bertz CT molecular complexity index is 515. The molecule has 1 amide bonds. The molecule has 0 bridgehead atoms. The van der Waals surface area contributed by atoms with Gasteiger partial charge < -0.3 is 10.6 Å². The van der Waals surface area contributed by atoms with Crippen molar-refractivity contribution in [1.29, 1.82) is 0 Å². The van der Waals surface area contributed by atoms with E-state index in [1.165, 1.54) is 5.56 Å². The zero-order valence-electron chi connectivity index (χ0n) is 14.8. The lowest BCUT2D eigenvalue weighted by Gasteiger charge is -2.27. The fourth-order valence-electron chi connectivity index (χ4n) is 4.07. The van der Waals surface area contributed by atoms with Crippen molar-refractivity contribution >= 4 is 30.7 Å². The number of nitrogens with two attached hydrogens (primary N) is 1. The quantitative estimate of drug-likeness (QED) is 0.863. The van der Waals surface area contributed by atoms with E-state index in [2.05, 4.69) is 40.1 Å². The number of carbonyl (C=O) groups is 1. The van der Waals surface area contributed by atoms with Gasteiger partial charge in [-0.2, -0.15) is 0 Å². The molecule has 2 fully saturated rings. The van der Waals surface area contributed by atoms with Crippen molar-refractivity contribution in [2.75, 3.05) is 32.7 Å². The SMILES string of the molecule is Cl.Cl.NC[C@H]1CCC[C@H]1C(=O)N1CCCN(Cc2ccccc2)CC1. The van der Waals surface area contributed by atoms with Gasteiger partial charge in [0.05, 0.1) is 0 Å². The van der Waals surface area contributed by atoms with Gasteiger partial charge in [-0.05, 0) is 37.3 Å². The molecule has 4 nitrogen and oxygen atoms in total. The molecule has 0 spiro atoms. The Hall–Kier alpha value is -0.810. The van der Waals surface area contributed by atoms with Crippen LogP contribution in [-0.2, 0) is 11.3 Å². The van der Waals surface area contributed by atoms with Gasteiger partial charge in [-0.1, -0.05) is 36.8 Å².